The van der Waals surface area contributed by atoms with Crippen LogP contribution in [0.1, 0.15) is 5.56 Å². The highest BCUT2D eigenvalue weighted by molar-refractivity contribution is 7.27. The molecular formula is C13H13P. The Morgan fingerprint density at radius 1 is 0.857 bits per heavy atom. The van der Waals surface area contributed by atoms with Crippen LogP contribution in [0.2, 0.25) is 0 Å². The molecule has 0 aliphatic carbocycles. The summed E-state index contributed by atoms with van der Waals surface area (Å²) in [5.41, 5.74) is 3.85. The maximum atomic E-state index is 2.72. The van der Waals surface area contributed by atoms with Crippen LogP contribution in [0, 0.1) is 6.92 Å². The Balaban J connectivity index is 2.44. The Kier molecular flexibility index (Phi) is 2.65. The molecular weight excluding hydrogens is 187 g/mol. The second-order valence-corrected chi connectivity index (χ2v) is 4.16. The fourth-order valence-electron chi connectivity index (χ4n) is 1.46. The molecule has 0 aromatic heterocycles. The van der Waals surface area contributed by atoms with Crippen molar-refractivity contribution < 1.29 is 0 Å². The molecule has 0 aliphatic heterocycles. The summed E-state index contributed by atoms with van der Waals surface area (Å²) < 4.78 is 0. The van der Waals surface area contributed by atoms with E-state index in [1.165, 1.54) is 22.0 Å². The smallest absolute Gasteiger partial charge is 0.0178 e. The molecule has 0 heterocycles. The Morgan fingerprint density at radius 2 is 1.57 bits per heavy atom. The molecule has 1 atom stereocenters. The predicted molar refractivity (Wildman–Crippen MR) is 66.0 cm³/mol. The van der Waals surface area contributed by atoms with E-state index in [9.17, 15) is 0 Å². The van der Waals surface area contributed by atoms with E-state index < -0.39 is 0 Å². The van der Waals surface area contributed by atoms with Crippen molar-refractivity contribution in [1.29, 1.82) is 0 Å². The molecule has 14 heavy (non-hydrogen) atoms. The quantitative estimate of drug-likeness (QED) is 0.620. The SMILES string of the molecule is Cc1ccc(-c2cccc(P)c2)cc1. The van der Waals surface area contributed by atoms with Crippen LogP contribution in [0.25, 0.3) is 11.1 Å². The van der Waals surface area contributed by atoms with Gasteiger partial charge in [-0.2, -0.15) is 0 Å². The highest BCUT2D eigenvalue weighted by Crippen LogP contribution is 2.18. The fourth-order valence-corrected chi connectivity index (χ4v) is 1.75. The zero-order valence-electron chi connectivity index (χ0n) is 8.20. The second-order valence-electron chi connectivity index (χ2n) is 3.49. The summed E-state index contributed by atoms with van der Waals surface area (Å²) in [6.45, 7) is 2.11. The van der Waals surface area contributed by atoms with Crippen molar-refractivity contribution in [2.24, 2.45) is 0 Å². The van der Waals surface area contributed by atoms with Crippen molar-refractivity contribution in [2.75, 3.05) is 0 Å². The fraction of sp³-hybridized carbons (Fsp3) is 0.0769. The van der Waals surface area contributed by atoms with Crippen LogP contribution < -0.4 is 5.30 Å². The van der Waals surface area contributed by atoms with Gasteiger partial charge in [-0.1, -0.05) is 48.0 Å². The van der Waals surface area contributed by atoms with Crippen LogP contribution in [0.4, 0.5) is 0 Å². The summed E-state index contributed by atoms with van der Waals surface area (Å²) >= 11 is 0. The maximum Gasteiger partial charge on any atom is -0.0178 e. The number of rotatable bonds is 1. The molecule has 0 spiro atoms. The highest BCUT2D eigenvalue weighted by atomic mass is 31.0. The molecule has 1 heteroatoms. The van der Waals surface area contributed by atoms with Crippen LogP contribution in [-0.2, 0) is 0 Å². The van der Waals surface area contributed by atoms with Crippen LogP contribution in [0.15, 0.2) is 48.5 Å². The van der Waals surface area contributed by atoms with Gasteiger partial charge in [-0.25, -0.2) is 0 Å². The Hall–Kier alpha value is -1.13. The molecule has 0 radical (unpaired) electrons. The first-order chi connectivity index (χ1) is 6.75. The monoisotopic (exact) mass is 200 g/mol. The van der Waals surface area contributed by atoms with Crippen molar-refractivity contribution >= 4 is 14.5 Å². The highest BCUT2D eigenvalue weighted by Gasteiger charge is 1.96. The van der Waals surface area contributed by atoms with Gasteiger partial charge in [-0.15, -0.1) is 9.24 Å². The molecule has 2 aromatic carbocycles. The molecule has 2 rings (SSSR count). The van der Waals surface area contributed by atoms with E-state index in [2.05, 4.69) is 64.7 Å². The lowest BCUT2D eigenvalue weighted by Gasteiger charge is -2.02. The van der Waals surface area contributed by atoms with Crippen molar-refractivity contribution in [2.45, 2.75) is 6.92 Å². The van der Waals surface area contributed by atoms with E-state index in [0.717, 1.165) is 0 Å². The van der Waals surface area contributed by atoms with Crippen LogP contribution >= 0.6 is 9.24 Å². The van der Waals surface area contributed by atoms with E-state index in [1.807, 2.05) is 0 Å². The third kappa shape index (κ3) is 2.02. The lowest BCUT2D eigenvalue weighted by atomic mass is 10.0. The minimum absolute atomic E-state index is 1.23. The maximum absolute atomic E-state index is 2.72. The third-order valence-corrected chi connectivity index (χ3v) is 2.63. The molecule has 0 saturated carbocycles. The zero-order valence-corrected chi connectivity index (χ0v) is 9.35. The summed E-state index contributed by atoms with van der Waals surface area (Å²) in [5, 5.41) is 1.23. The summed E-state index contributed by atoms with van der Waals surface area (Å²) in [4.78, 5) is 0. The van der Waals surface area contributed by atoms with Gasteiger partial charge in [-0.05, 0) is 29.4 Å². The minimum atomic E-state index is 1.23. The average Bonchev–Trinajstić information content (AvgIpc) is 2.19. The number of aryl methyl sites for hydroxylation is 1. The van der Waals surface area contributed by atoms with Gasteiger partial charge in [-0.3, -0.25) is 0 Å². The number of benzene rings is 2. The lowest BCUT2D eigenvalue weighted by molar-refractivity contribution is 1.47. The Labute approximate surface area is 87.2 Å². The standard InChI is InChI=1S/C13H13P/c1-10-5-7-11(8-6-10)12-3-2-4-13(14)9-12/h2-9H,14H2,1H3. The van der Waals surface area contributed by atoms with E-state index in [4.69, 9.17) is 0 Å². The summed E-state index contributed by atoms with van der Waals surface area (Å²) in [6, 6.07) is 17.1. The van der Waals surface area contributed by atoms with E-state index >= 15 is 0 Å². The Bertz CT molecular complexity index is 429. The Morgan fingerprint density at radius 3 is 2.21 bits per heavy atom. The summed E-state index contributed by atoms with van der Waals surface area (Å²) in [6.07, 6.45) is 0. The van der Waals surface area contributed by atoms with Gasteiger partial charge in [0.2, 0.25) is 0 Å². The van der Waals surface area contributed by atoms with Gasteiger partial charge < -0.3 is 0 Å². The zero-order chi connectivity index (χ0) is 9.97. The van der Waals surface area contributed by atoms with Gasteiger partial charge in [0.05, 0.1) is 0 Å². The van der Waals surface area contributed by atoms with E-state index in [1.54, 1.807) is 0 Å². The second kappa shape index (κ2) is 3.94. The molecule has 70 valence electrons. The summed E-state index contributed by atoms with van der Waals surface area (Å²) in [7, 11) is 2.72. The van der Waals surface area contributed by atoms with Gasteiger partial charge in [0.1, 0.15) is 0 Å². The predicted octanol–water partition coefficient (Wildman–Crippen LogP) is 3.16. The van der Waals surface area contributed by atoms with Crippen molar-refractivity contribution in [3.8, 4) is 11.1 Å². The van der Waals surface area contributed by atoms with Crippen molar-refractivity contribution in [1.82, 2.24) is 0 Å². The van der Waals surface area contributed by atoms with Crippen LogP contribution in [0.3, 0.4) is 0 Å². The van der Waals surface area contributed by atoms with E-state index in [0.29, 0.717) is 0 Å². The normalized spacial score (nSPS) is 10.1. The van der Waals surface area contributed by atoms with E-state index in [-0.39, 0.29) is 0 Å². The lowest BCUT2D eigenvalue weighted by Crippen LogP contribution is -1.89. The molecule has 0 N–H and O–H groups in total. The molecule has 2 aromatic rings. The molecule has 0 nitrogen and oxygen atoms in total. The van der Waals surface area contributed by atoms with Crippen LogP contribution in [0.5, 0.6) is 0 Å². The first kappa shape index (κ1) is 9.43. The number of hydrogen-bond acceptors (Lipinski definition) is 0. The number of hydrogen-bond donors (Lipinski definition) is 0. The first-order valence-corrected chi connectivity index (χ1v) is 5.26. The molecule has 0 saturated heterocycles. The van der Waals surface area contributed by atoms with Crippen LogP contribution in [-0.4, -0.2) is 0 Å². The summed E-state index contributed by atoms with van der Waals surface area (Å²) in [5.74, 6) is 0. The van der Waals surface area contributed by atoms with Gasteiger partial charge in [0.15, 0.2) is 0 Å². The van der Waals surface area contributed by atoms with Crippen molar-refractivity contribution in [3.05, 3.63) is 54.1 Å². The molecule has 0 fully saturated rings. The topological polar surface area (TPSA) is 0 Å². The van der Waals surface area contributed by atoms with Gasteiger partial charge in [0, 0.05) is 0 Å². The molecule has 1 unspecified atom stereocenters. The van der Waals surface area contributed by atoms with Crippen molar-refractivity contribution in [3.63, 3.8) is 0 Å². The molecule has 0 aliphatic rings. The van der Waals surface area contributed by atoms with Gasteiger partial charge in [0.25, 0.3) is 0 Å². The molecule has 0 amide bonds. The minimum Gasteiger partial charge on any atom is -0.106 e. The average molecular weight is 200 g/mol. The molecule has 0 bridgehead atoms. The largest absolute Gasteiger partial charge is 0.106 e. The van der Waals surface area contributed by atoms with Gasteiger partial charge >= 0.3 is 0 Å². The first-order valence-electron chi connectivity index (χ1n) is 4.68. The third-order valence-electron chi connectivity index (χ3n) is 2.27.